The van der Waals surface area contributed by atoms with Crippen LogP contribution in [0.15, 0.2) is 30.6 Å². The highest BCUT2D eigenvalue weighted by molar-refractivity contribution is 5.63. The van der Waals surface area contributed by atoms with Gasteiger partial charge in [-0.2, -0.15) is 0 Å². The Morgan fingerprint density at radius 3 is 2.88 bits per heavy atom. The monoisotopic (exact) mass is 229 g/mol. The summed E-state index contributed by atoms with van der Waals surface area (Å²) in [6.45, 7) is 3.07. The van der Waals surface area contributed by atoms with Crippen molar-refractivity contribution in [2.45, 2.75) is 13.3 Å². The molecule has 0 saturated heterocycles. The maximum absolute atomic E-state index is 4.48. The molecule has 17 heavy (non-hydrogen) atoms. The molecule has 0 bridgehead atoms. The van der Waals surface area contributed by atoms with Gasteiger partial charge in [0, 0.05) is 25.6 Å². The minimum atomic E-state index is 0.954. The van der Waals surface area contributed by atoms with Crippen LogP contribution in [0.5, 0.6) is 0 Å². The molecule has 1 N–H and O–H groups in total. The normalized spacial score (nSPS) is 10.8. The van der Waals surface area contributed by atoms with E-state index in [1.54, 1.807) is 0 Å². The standard InChI is InChI=1S/C14H19N3/c1-11-5-4-6-12(9-11)14-13(7-8-15-2)16-10-17(14)3/h4-6,9-10,15H,7-8H2,1-3H3. The van der Waals surface area contributed by atoms with Gasteiger partial charge in [-0.15, -0.1) is 0 Å². The molecule has 1 aromatic heterocycles. The van der Waals surface area contributed by atoms with Gasteiger partial charge in [-0.1, -0.05) is 23.8 Å². The molecule has 1 aromatic carbocycles. The predicted molar refractivity (Wildman–Crippen MR) is 71.0 cm³/mol. The van der Waals surface area contributed by atoms with Crippen LogP contribution in [-0.4, -0.2) is 23.1 Å². The Hall–Kier alpha value is -1.61. The second kappa shape index (κ2) is 5.15. The minimum absolute atomic E-state index is 0.954. The highest BCUT2D eigenvalue weighted by Gasteiger charge is 2.10. The number of hydrogen-bond acceptors (Lipinski definition) is 2. The molecule has 0 saturated carbocycles. The van der Waals surface area contributed by atoms with Gasteiger partial charge in [0.15, 0.2) is 0 Å². The number of benzene rings is 1. The molecule has 0 unspecified atom stereocenters. The number of imidazole rings is 1. The summed E-state index contributed by atoms with van der Waals surface area (Å²) in [6, 6.07) is 8.57. The van der Waals surface area contributed by atoms with Crippen LogP contribution in [0.3, 0.4) is 0 Å². The first-order valence-electron chi connectivity index (χ1n) is 5.94. The SMILES string of the molecule is CNCCc1ncn(C)c1-c1cccc(C)c1. The second-order valence-corrected chi connectivity index (χ2v) is 4.37. The summed E-state index contributed by atoms with van der Waals surface area (Å²) in [5.41, 5.74) is 4.91. The summed E-state index contributed by atoms with van der Waals surface area (Å²) in [4.78, 5) is 4.48. The highest BCUT2D eigenvalue weighted by Crippen LogP contribution is 2.23. The summed E-state index contributed by atoms with van der Waals surface area (Å²) in [5, 5.41) is 3.17. The van der Waals surface area contributed by atoms with Crippen molar-refractivity contribution in [1.29, 1.82) is 0 Å². The van der Waals surface area contributed by atoms with E-state index in [0.717, 1.165) is 18.7 Å². The van der Waals surface area contributed by atoms with Crippen molar-refractivity contribution in [1.82, 2.24) is 14.9 Å². The van der Waals surface area contributed by atoms with E-state index in [2.05, 4.69) is 46.1 Å². The fraction of sp³-hybridized carbons (Fsp3) is 0.357. The van der Waals surface area contributed by atoms with Crippen molar-refractivity contribution in [2.24, 2.45) is 7.05 Å². The van der Waals surface area contributed by atoms with Gasteiger partial charge < -0.3 is 9.88 Å². The molecule has 1 heterocycles. The lowest BCUT2D eigenvalue weighted by Crippen LogP contribution is -2.11. The number of nitrogens with one attached hydrogen (secondary N) is 1. The Labute approximate surface area is 103 Å². The van der Waals surface area contributed by atoms with E-state index in [-0.39, 0.29) is 0 Å². The highest BCUT2D eigenvalue weighted by atomic mass is 15.0. The van der Waals surface area contributed by atoms with Crippen LogP contribution < -0.4 is 5.32 Å². The van der Waals surface area contributed by atoms with Gasteiger partial charge in [0.1, 0.15) is 0 Å². The molecular formula is C14H19N3. The van der Waals surface area contributed by atoms with Crippen LogP contribution in [0.25, 0.3) is 11.3 Å². The van der Waals surface area contributed by atoms with Crippen LogP contribution in [0, 0.1) is 6.92 Å². The lowest BCUT2D eigenvalue weighted by molar-refractivity contribution is 0.780. The molecule has 0 atom stereocenters. The number of rotatable bonds is 4. The smallest absolute Gasteiger partial charge is 0.0951 e. The van der Waals surface area contributed by atoms with Gasteiger partial charge in [-0.25, -0.2) is 4.98 Å². The van der Waals surface area contributed by atoms with E-state index in [1.807, 2.05) is 20.4 Å². The van der Waals surface area contributed by atoms with Crippen LogP contribution in [0.1, 0.15) is 11.3 Å². The molecule has 0 spiro atoms. The molecule has 90 valence electrons. The second-order valence-electron chi connectivity index (χ2n) is 4.37. The molecule has 0 amide bonds. The Bertz CT molecular complexity index is 500. The Balaban J connectivity index is 2.39. The Morgan fingerprint density at radius 1 is 1.35 bits per heavy atom. The van der Waals surface area contributed by atoms with Crippen molar-refractivity contribution >= 4 is 0 Å². The zero-order chi connectivity index (χ0) is 12.3. The molecule has 0 fully saturated rings. The van der Waals surface area contributed by atoms with Crippen LogP contribution in [0.2, 0.25) is 0 Å². The van der Waals surface area contributed by atoms with Gasteiger partial charge in [0.25, 0.3) is 0 Å². The van der Waals surface area contributed by atoms with Crippen molar-refractivity contribution < 1.29 is 0 Å². The van der Waals surface area contributed by atoms with Crippen molar-refractivity contribution in [3.8, 4) is 11.3 Å². The first-order chi connectivity index (χ1) is 8.22. The number of likely N-dealkylation sites (N-methyl/N-ethyl adjacent to an activating group) is 1. The molecule has 0 aliphatic carbocycles. The van der Waals surface area contributed by atoms with Crippen LogP contribution >= 0.6 is 0 Å². The number of nitrogens with zero attached hydrogens (tertiary/aromatic N) is 2. The molecular weight excluding hydrogens is 210 g/mol. The maximum Gasteiger partial charge on any atom is 0.0951 e. The molecule has 3 heteroatoms. The minimum Gasteiger partial charge on any atom is -0.334 e. The third-order valence-corrected chi connectivity index (χ3v) is 2.92. The first-order valence-corrected chi connectivity index (χ1v) is 5.94. The predicted octanol–water partition coefficient (Wildman–Crippen LogP) is 2.16. The lowest BCUT2D eigenvalue weighted by Gasteiger charge is -2.07. The van der Waals surface area contributed by atoms with Crippen molar-refractivity contribution in [3.63, 3.8) is 0 Å². The number of aromatic nitrogens is 2. The third kappa shape index (κ3) is 2.56. The maximum atomic E-state index is 4.48. The van der Waals surface area contributed by atoms with Gasteiger partial charge >= 0.3 is 0 Å². The van der Waals surface area contributed by atoms with E-state index >= 15 is 0 Å². The number of aryl methyl sites for hydroxylation is 2. The fourth-order valence-electron chi connectivity index (χ4n) is 2.07. The van der Waals surface area contributed by atoms with E-state index < -0.39 is 0 Å². The molecule has 0 radical (unpaired) electrons. The zero-order valence-corrected chi connectivity index (χ0v) is 10.7. The van der Waals surface area contributed by atoms with Gasteiger partial charge in [0.2, 0.25) is 0 Å². The summed E-state index contributed by atoms with van der Waals surface area (Å²) in [5.74, 6) is 0. The Kier molecular flexibility index (Phi) is 3.59. The fourth-order valence-corrected chi connectivity index (χ4v) is 2.07. The average Bonchev–Trinajstić information content (AvgIpc) is 2.68. The first kappa shape index (κ1) is 11.9. The summed E-state index contributed by atoms with van der Waals surface area (Å²) < 4.78 is 2.10. The summed E-state index contributed by atoms with van der Waals surface area (Å²) in [6.07, 6.45) is 2.85. The van der Waals surface area contributed by atoms with Crippen LogP contribution in [-0.2, 0) is 13.5 Å². The molecule has 3 nitrogen and oxygen atoms in total. The Morgan fingerprint density at radius 2 is 2.18 bits per heavy atom. The van der Waals surface area contributed by atoms with Gasteiger partial charge in [-0.3, -0.25) is 0 Å². The average molecular weight is 229 g/mol. The largest absolute Gasteiger partial charge is 0.334 e. The number of hydrogen-bond donors (Lipinski definition) is 1. The molecule has 2 aromatic rings. The van der Waals surface area contributed by atoms with E-state index in [0.29, 0.717) is 0 Å². The summed E-state index contributed by atoms with van der Waals surface area (Å²) in [7, 11) is 4.02. The molecule has 2 rings (SSSR count). The van der Waals surface area contributed by atoms with Crippen molar-refractivity contribution in [2.75, 3.05) is 13.6 Å². The quantitative estimate of drug-likeness (QED) is 0.870. The van der Waals surface area contributed by atoms with Gasteiger partial charge in [-0.05, 0) is 20.0 Å². The third-order valence-electron chi connectivity index (χ3n) is 2.92. The van der Waals surface area contributed by atoms with Crippen molar-refractivity contribution in [3.05, 3.63) is 41.9 Å². The molecule has 0 aliphatic rings. The van der Waals surface area contributed by atoms with E-state index in [4.69, 9.17) is 0 Å². The van der Waals surface area contributed by atoms with Gasteiger partial charge in [0.05, 0.1) is 17.7 Å². The van der Waals surface area contributed by atoms with E-state index in [1.165, 1.54) is 16.8 Å². The lowest BCUT2D eigenvalue weighted by atomic mass is 10.1. The zero-order valence-electron chi connectivity index (χ0n) is 10.7. The van der Waals surface area contributed by atoms with E-state index in [9.17, 15) is 0 Å². The summed E-state index contributed by atoms with van der Waals surface area (Å²) >= 11 is 0. The topological polar surface area (TPSA) is 29.9 Å². The molecule has 0 aliphatic heterocycles. The van der Waals surface area contributed by atoms with Crippen LogP contribution in [0.4, 0.5) is 0 Å².